The minimum atomic E-state index is -0.849. The monoisotopic (exact) mass is 569 g/mol. The van der Waals surface area contributed by atoms with Crippen LogP contribution in [-0.4, -0.2) is 34.5 Å². The summed E-state index contributed by atoms with van der Waals surface area (Å²) < 4.78 is 10.7. The molecule has 0 fully saturated rings. The molecule has 0 saturated carbocycles. The highest BCUT2D eigenvalue weighted by atomic mass is 32.1. The molecule has 2 amide bonds. The summed E-state index contributed by atoms with van der Waals surface area (Å²) in [5.41, 5.74) is 2.20. The normalized spacial score (nSPS) is 11.7. The standard InChI is InChI=1S/C30H43N5O4S/c1-28(2,3)22-14-10-20(11-15-22)18-32-25(40)33-19-21-12-16-23(17-13-21)35(27(37)39-30(7,8)9)24(31)34-26(36)38-29(4,5)6/h10-17H,18-19H2,1-9H3,(H2,31,34,36)(H2,32,33,40). The molecule has 0 radical (unpaired) electrons. The molecule has 9 nitrogen and oxygen atoms in total. The molecule has 10 heteroatoms. The van der Waals surface area contributed by atoms with E-state index in [9.17, 15) is 9.59 Å². The van der Waals surface area contributed by atoms with E-state index in [2.05, 4.69) is 61.0 Å². The summed E-state index contributed by atoms with van der Waals surface area (Å²) >= 11 is 5.43. The average molecular weight is 570 g/mol. The van der Waals surface area contributed by atoms with Gasteiger partial charge in [0.05, 0.1) is 5.69 Å². The van der Waals surface area contributed by atoms with Gasteiger partial charge in [-0.15, -0.1) is 0 Å². The van der Waals surface area contributed by atoms with Gasteiger partial charge in [0.15, 0.2) is 5.11 Å². The number of carbonyl (C=O) groups is 2. The highest BCUT2D eigenvalue weighted by Gasteiger charge is 2.29. The fraction of sp³-hybridized carbons (Fsp3) is 0.467. The number of anilines is 1. The Labute approximate surface area is 243 Å². The van der Waals surface area contributed by atoms with E-state index in [1.807, 2.05) is 0 Å². The van der Waals surface area contributed by atoms with Gasteiger partial charge in [0, 0.05) is 13.1 Å². The van der Waals surface area contributed by atoms with Crippen LogP contribution in [0.5, 0.6) is 0 Å². The van der Waals surface area contributed by atoms with Crippen molar-refractivity contribution in [3.63, 3.8) is 0 Å². The van der Waals surface area contributed by atoms with E-state index < -0.39 is 29.3 Å². The number of thiocarbonyl (C=S) groups is 1. The van der Waals surface area contributed by atoms with Gasteiger partial charge in [-0.1, -0.05) is 57.2 Å². The third-order valence-electron chi connectivity index (χ3n) is 5.34. The molecule has 0 aromatic heterocycles. The van der Waals surface area contributed by atoms with E-state index in [0.717, 1.165) is 16.0 Å². The highest BCUT2D eigenvalue weighted by molar-refractivity contribution is 7.80. The van der Waals surface area contributed by atoms with Gasteiger partial charge in [-0.05, 0) is 88.0 Å². The lowest BCUT2D eigenvalue weighted by Crippen LogP contribution is -2.49. The lowest BCUT2D eigenvalue weighted by Gasteiger charge is -2.28. The molecule has 218 valence electrons. The molecule has 0 heterocycles. The van der Waals surface area contributed by atoms with Crippen LogP contribution in [0.4, 0.5) is 15.3 Å². The summed E-state index contributed by atoms with van der Waals surface area (Å²) in [5.74, 6) is -0.490. The molecule has 0 aliphatic heterocycles. The predicted octanol–water partition coefficient (Wildman–Crippen LogP) is 6.35. The van der Waals surface area contributed by atoms with Gasteiger partial charge in [0.25, 0.3) is 0 Å². The first-order valence-corrected chi connectivity index (χ1v) is 13.6. The van der Waals surface area contributed by atoms with Gasteiger partial charge in [0.2, 0.25) is 5.96 Å². The maximum absolute atomic E-state index is 13.0. The van der Waals surface area contributed by atoms with Crippen LogP contribution in [-0.2, 0) is 28.0 Å². The number of hydrogen-bond acceptors (Lipinski definition) is 6. The number of benzene rings is 2. The second-order valence-corrected chi connectivity index (χ2v) is 12.8. The number of nitrogens with one attached hydrogen (secondary N) is 4. The van der Waals surface area contributed by atoms with Gasteiger partial charge >= 0.3 is 12.2 Å². The Balaban J connectivity index is 2.02. The van der Waals surface area contributed by atoms with E-state index in [1.54, 1.807) is 65.8 Å². The Morgan fingerprint density at radius 2 is 1.23 bits per heavy atom. The summed E-state index contributed by atoms with van der Waals surface area (Å²) in [5, 5.41) is 17.6. The van der Waals surface area contributed by atoms with Gasteiger partial charge in [-0.2, -0.15) is 0 Å². The predicted molar refractivity (Wildman–Crippen MR) is 164 cm³/mol. The second kappa shape index (κ2) is 13.1. The molecule has 2 aromatic rings. The van der Waals surface area contributed by atoms with Crippen LogP contribution in [0.2, 0.25) is 0 Å². The van der Waals surface area contributed by atoms with Crippen molar-refractivity contribution >= 4 is 41.2 Å². The lowest BCUT2D eigenvalue weighted by atomic mass is 9.87. The van der Waals surface area contributed by atoms with E-state index in [-0.39, 0.29) is 5.41 Å². The molecule has 4 N–H and O–H groups in total. The van der Waals surface area contributed by atoms with Crippen LogP contribution in [0.1, 0.15) is 79.0 Å². The van der Waals surface area contributed by atoms with E-state index in [4.69, 9.17) is 27.1 Å². The summed E-state index contributed by atoms with van der Waals surface area (Å²) in [6.07, 6.45) is -1.65. The zero-order valence-electron chi connectivity index (χ0n) is 25.0. The minimum Gasteiger partial charge on any atom is -0.444 e. The van der Waals surface area contributed by atoms with Crippen molar-refractivity contribution in [2.45, 2.75) is 92.0 Å². The third-order valence-corrected chi connectivity index (χ3v) is 5.63. The Morgan fingerprint density at radius 1 is 0.775 bits per heavy atom. The molecular weight excluding hydrogens is 526 g/mol. The fourth-order valence-electron chi connectivity index (χ4n) is 3.40. The first kappa shape index (κ1) is 32.6. The second-order valence-electron chi connectivity index (χ2n) is 12.4. The maximum Gasteiger partial charge on any atom is 0.421 e. The molecule has 0 unspecified atom stereocenters. The average Bonchev–Trinajstić information content (AvgIpc) is 2.79. The van der Waals surface area contributed by atoms with Crippen molar-refractivity contribution in [3.05, 3.63) is 65.2 Å². The van der Waals surface area contributed by atoms with Crippen molar-refractivity contribution in [1.29, 1.82) is 5.41 Å². The Hall–Kier alpha value is -3.66. The molecular formula is C30H43N5O4S. The van der Waals surface area contributed by atoms with Crippen molar-refractivity contribution < 1.29 is 19.1 Å². The highest BCUT2D eigenvalue weighted by Crippen LogP contribution is 2.22. The maximum atomic E-state index is 13.0. The molecule has 40 heavy (non-hydrogen) atoms. The van der Waals surface area contributed by atoms with Crippen molar-refractivity contribution in [3.8, 4) is 0 Å². The number of nitrogens with zero attached hydrogens (tertiary/aromatic N) is 1. The largest absolute Gasteiger partial charge is 0.444 e. The van der Waals surface area contributed by atoms with Crippen molar-refractivity contribution in [2.24, 2.45) is 0 Å². The van der Waals surface area contributed by atoms with E-state index >= 15 is 0 Å². The molecule has 0 aliphatic rings. The van der Waals surface area contributed by atoms with Crippen molar-refractivity contribution in [2.75, 3.05) is 4.90 Å². The van der Waals surface area contributed by atoms with Crippen LogP contribution in [0.3, 0.4) is 0 Å². The SMILES string of the molecule is CC(C)(C)OC(=O)NC(=N)N(C(=O)OC(C)(C)C)c1ccc(CNC(=S)NCc2ccc(C(C)(C)C)cc2)cc1. The Morgan fingerprint density at radius 3 is 1.65 bits per heavy atom. The number of carbonyl (C=O) groups excluding carboxylic acids is 2. The summed E-state index contributed by atoms with van der Waals surface area (Å²) in [6.45, 7) is 17.9. The van der Waals surface area contributed by atoms with Crippen LogP contribution in [0, 0.1) is 5.41 Å². The molecule has 0 spiro atoms. The number of amides is 2. The van der Waals surface area contributed by atoms with Crippen LogP contribution < -0.4 is 20.9 Å². The van der Waals surface area contributed by atoms with Crippen LogP contribution in [0.15, 0.2) is 48.5 Å². The molecule has 2 aromatic carbocycles. The first-order valence-electron chi connectivity index (χ1n) is 13.2. The quantitative estimate of drug-likeness (QED) is 0.188. The Bertz CT molecular complexity index is 1190. The third kappa shape index (κ3) is 11.2. The number of guanidine groups is 1. The molecule has 0 atom stereocenters. The summed E-state index contributed by atoms with van der Waals surface area (Å²) in [6, 6.07) is 15.4. The zero-order valence-corrected chi connectivity index (χ0v) is 25.8. The van der Waals surface area contributed by atoms with E-state index in [1.165, 1.54) is 5.56 Å². The van der Waals surface area contributed by atoms with E-state index in [0.29, 0.717) is 23.9 Å². The first-order chi connectivity index (χ1) is 18.3. The topological polar surface area (TPSA) is 116 Å². The zero-order chi connectivity index (χ0) is 30.3. The number of alkyl carbamates (subject to hydrolysis) is 1. The minimum absolute atomic E-state index is 0.108. The Kier molecular flexibility index (Phi) is 10.7. The molecule has 0 bridgehead atoms. The van der Waals surface area contributed by atoms with Gasteiger partial charge in [0.1, 0.15) is 11.2 Å². The van der Waals surface area contributed by atoms with Gasteiger partial charge in [-0.25, -0.2) is 14.5 Å². The smallest absolute Gasteiger partial charge is 0.421 e. The number of hydrogen-bond donors (Lipinski definition) is 4. The molecule has 0 aliphatic carbocycles. The molecule has 0 saturated heterocycles. The number of ether oxygens (including phenoxy) is 2. The van der Waals surface area contributed by atoms with Crippen molar-refractivity contribution in [1.82, 2.24) is 16.0 Å². The lowest BCUT2D eigenvalue weighted by molar-refractivity contribution is 0.0559. The van der Waals surface area contributed by atoms with Crippen LogP contribution >= 0.6 is 12.2 Å². The van der Waals surface area contributed by atoms with Crippen LogP contribution in [0.25, 0.3) is 0 Å². The van der Waals surface area contributed by atoms with Gasteiger partial charge < -0.3 is 20.1 Å². The van der Waals surface area contributed by atoms with Gasteiger partial charge in [-0.3, -0.25) is 10.7 Å². The summed E-state index contributed by atoms with van der Waals surface area (Å²) in [4.78, 5) is 26.2. The molecule has 2 rings (SSSR count). The number of rotatable bonds is 5. The fourth-order valence-corrected chi connectivity index (χ4v) is 3.55. The summed E-state index contributed by atoms with van der Waals surface area (Å²) in [7, 11) is 0.